The number of rotatable bonds is 3. The van der Waals surface area contributed by atoms with Crippen LogP contribution in [0, 0.1) is 0 Å². The Hall–Kier alpha value is -2.50. The van der Waals surface area contributed by atoms with Gasteiger partial charge in [0.2, 0.25) is 0 Å². The molecular weight excluding hydrogens is 402 g/mol. The van der Waals surface area contributed by atoms with Crippen LogP contribution in [0.25, 0.3) is 21.0 Å². The molecule has 3 heterocycles. The van der Waals surface area contributed by atoms with Gasteiger partial charge in [0.25, 0.3) is 5.56 Å². The summed E-state index contributed by atoms with van der Waals surface area (Å²) in [7, 11) is 2.17. The van der Waals surface area contributed by atoms with Gasteiger partial charge in [-0.05, 0) is 74.1 Å². The second kappa shape index (κ2) is 7.57. The Balaban J connectivity index is 1.54. The Morgan fingerprint density at radius 2 is 1.87 bits per heavy atom. The lowest BCUT2D eigenvalue weighted by molar-refractivity contribution is 0.216. The highest BCUT2D eigenvalue weighted by atomic mass is 32.1. The van der Waals surface area contributed by atoms with Gasteiger partial charge in [-0.1, -0.05) is 42.5 Å². The predicted octanol–water partition coefficient (Wildman–Crippen LogP) is 4.96. The lowest BCUT2D eigenvalue weighted by Gasteiger charge is -2.31. The molecule has 1 fully saturated rings. The summed E-state index contributed by atoms with van der Waals surface area (Å²) in [5, 5.41) is 3.41. The minimum atomic E-state index is 0.203. The van der Waals surface area contributed by atoms with Crippen LogP contribution in [0.15, 0.2) is 47.3 Å². The van der Waals surface area contributed by atoms with Crippen molar-refractivity contribution in [2.45, 2.75) is 44.6 Å². The Kier molecular flexibility index (Phi) is 4.69. The van der Waals surface area contributed by atoms with Gasteiger partial charge in [-0.2, -0.15) is 0 Å². The first kappa shape index (κ1) is 19.2. The number of piperidine rings is 1. The summed E-state index contributed by atoms with van der Waals surface area (Å²) in [6.07, 6.45) is 6.02. The molecule has 4 aromatic rings. The molecule has 0 atom stereocenters. The fraction of sp³-hybridized carbons (Fsp3) is 0.385. The van der Waals surface area contributed by atoms with E-state index in [1.165, 1.54) is 33.2 Å². The molecule has 0 saturated carbocycles. The number of fused-ring (bicyclic) bond motifs is 4. The van der Waals surface area contributed by atoms with Crippen LogP contribution in [-0.2, 0) is 19.3 Å². The maximum absolute atomic E-state index is 13.9. The molecule has 0 spiro atoms. The maximum atomic E-state index is 13.9. The minimum absolute atomic E-state index is 0.203. The predicted molar refractivity (Wildman–Crippen MR) is 128 cm³/mol. The molecule has 4 nitrogen and oxygen atoms in total. The molecule has 2 aliphatic rings. The van der Waals surface area contributed by atoms with Gasteiger partial charge in [-0.3, -0.25) is 9.36 Å². The van der Waals surface area contributed by atoms with E-state index < -0.39 is 0 Å². The average Bonchev–Trinajstić information content (AvgIpc) is 3.36. The van der Waals surface area contributed by atoms with Crippen molar-refractivity contribution >= 4 is 32.3 Å². The van der Waals surface area contributed by atoms with Crippen molar-refractivity contribution < 1.29 is 0 Å². The number of hydrogen-bond donors (Lipinski definition) is 0. The molecule has 0 unspecified atom stereocenters. The molecule has 2 aromatic heterocycles. The number of hydrogen-bond acceptors (Lipinski definition) is 4. The third-order valence-corrected chi connectivity index (χ3v) is 8.31. The second-order valence-electron chi connectivity index (χ2n) is 9.09. The van der Waals surface area contributed by atoms with E-state index in [1.807, 2.05) is 0 Å². The van der Waals surface area contributed by atoms with E-state index in [4.69, 9.17) is 4.98 Å². The molecule has 31 heavy (non-hydrogen) atoms. The lowest BCUT2D eigenvalue weighted by Crippen LogP contribution is -2.37. The van der Waals surface area contributed by atoms with Crippen LogP contribution in [0.4, 0.5) is 0 Å². The zero-order chi connectivity index (χ0) is 20.9. The van der Waals surface area contributed by atoms with Crippen LogP contribution < -0.4 is 5.56 Å². The molecule has 0 radical (unpaired) electrons. The summed E-state index contributed by atoms with van der Waals surface area (Å²) in [6, 6.07) is 15.2. The van der Waals surface area contributed by atoms with Gasteiger partial charge in [0.05, 0.1) is 5.39 Å². The summed E-state index contributed by atoms with van der Waals surface area (Å²) >= 11 is 1.75. The van der Waals surface area contributed by atoms with Crippen molar-refractivity contribution in [2.24, 2.45) is 0 Å². The molecule has 0 bridgehead atoms. The van der Waals surface area contributed by atoms with Crippen LogP contribution in [0.5, 0.6) is 0 Å². The molecule has 1 saturated heterocycles. The quantitative estimate of drug-likeness (QED) is 0.462. The third-order valence-electron chi connectivity index (χ3n) is 7.13. The van der Waals surface area contributed by atoms with Crippen LogP contribution in [-0.4, -0.2) is 34.6 Å². The first-order chi connectivity index (χ1) is 15.2. The molecule has 158 valence electrons. The normalized spacial score (nSPS) is 17.6. The SMILES string of the molecule is CN1CCC(n2c(Cc3cccc4ccccc34)nc3sc4c(c3c2=O)CCC4)CC1. The number of benzene rings is 2. The van der Waals surface area contributed by atoms with Crippen molar-refractivity contribution in [1.82, 2.24) is 14.5 Å². The van der Waals surface area contributed by atoms with E-state index in [9.17, 15) is 4.79 Å². The van der Waals surface area contributed by atoms with Gasteiger partial charge in [-0.25, -0.2) is 4.98 Å². The highest BCUT2D eigenvalue weighted by Crippen LogP contribution is 2.36. The Labute approximate surface area is 186 Å². The number of nitrogens with zero attached hydrogens (tertiary/aromatic N) is 3. The molecule has 0 N–H and O–H groups in total. The van der Waals surface area contributed by atoms with E-state index in [2.05, 4.69) is 59.0 Å². The van der Waals surface area contributed by atoms with Crippen LogP contribution in [0.2, 0.25) is 0 Å². The minimum Gasteiger partial charge on any atom is -0.306 e. The summed E-state index contributed by atoms with van der Waals surface area (Å²) in [6.45, 7) is 2.06. The molecule has 5 heteroatoms. The second-order valence-corrected chi connectivity index (χ2v) is 10.2. The van der Waals surface area contributed by atoms with Gasteiger partial charge in [0, 0.05) is 17.3 Å². The fourth-order valence-electron chi connectivity index (χ4n) is 5.47. The lowest BCUT2D eigenvalue weighted by atomic mass is 10.0. The summed E-state index contributed by atoms with van der Waals surface area (Å²) in [5.41, 5.74) is 2.74. The highest BCUT2D eigenvalue weighted by Gasteiger charge is 2.27. The zero-order valence-electron chi connectivity index (χ0n) is 17.9. The molecule has 0 amide bonds. The Morgan fingerprint density at radius 1 is 1.06 bits per heavy atom. The van der Waals surface area contributed by atoms with Crippen molar-refractivity contribution in [3.63, 3.8) is 0 Å². The van der Waals surface area contributed by atoms with Gasteiger partial charge >= 0.3 is 0 Å². The van der Waals surface area contributed by atoms with Gasteiger partial charge < -0.3 is 4.90 Å². The summed E-state index contributed by atoms with van der Waals surface area (Å²) < 4.78 is 2.09. The Morgan fingerprint density at radius 3 is 2.74 bits per heavy atom. The number of likely N-dealkylation sites (tertiary alicyclic amines) is 1. The third kappa shape index (κ3) is 3.22. The molecule has 6 rings (SSSR count). The van der Waals surface area contributed by atoms with E-state index in [0.717, 1.165) is 54.8 Å². The largest absolute Gasteiger partial charge is 0.306 e. The average molecular weight is 430 g/mol. The maximum Gasteiger partial charge on any atom is 0.262 e. The number of thiophene rings is 1. The topological polar surface area (TPSA) is 38.1 Å². The summed E-state index contributed by atoms with van der Waals surface area (Å²) in [5.74, 6) is 0.934. The smallest absolute Gasteiger partial charge is 0.262 e. The molecular formula is C26H27N3OS. The van der Waals surface area contributed by atoms with Crippen LogP contribution in [0.3, 0.4) is 0 Å². The zero-order valence-corrected chi connectivity index (χ0v) is 18.8. The van der Waals surface area contributed by atoms with E-state index in [0.29, 0.717) is 6.42 Å². The van der Waals surface area contributed by atoms with Crippen LogP contribution in [0.1, 0.15) is 47.1 Å². The Bertz CT molecular complexity index is 1340. The van der Waals surface area contributed by atoms with Gasteiger partial charge in [0.1, 0.15) is 10.7 Å². The monoisotopic (exact) mass is 429 g/mol. The van der Waals surface area contributed by atoms with Crippen molar-refractivity contribution in [3.05, 3.63) is 74.6 Å². The first-order valence-electron chi connectivity index (χ1n) is 11.4. The van der Waals surface area contributed by atoms with E-state index >= 15 is 0 Å². The molecule has 1 aliphatic carbocycles. The first-order valence-corrected chi connectivity index (χ1v) is 12.2. The van der Waals surface area contributed by atoms with Gasteiger partial charge in [0.15, 0.2) is 0 Å². The van der Waals surface area contributed by atoms with Crippen molar-refractivity contribution in [1.29, 1.82) is 0 Å². The molecule has 2 aromatic carbocycles. The van der Waals surface area contributed by atoms with Gasteiger partial charge in [-0.15, -0.1) is 11.3 Å². The van der Waals surface area contributed by atoms with E-state index in [1.54, 1.807) is 11.3 Å². The standard InChI is InChI=1S/C26H27N3OS/c1-28-14-12-19(13-15-28)29-23(16-18-8-4-7-17-6-2-3-9-20(17)18)27-25-24(26(29)30)21-10-5-11-22(21)31-25/h2-4,6-9,19H,5,10-16H2,1H3. The summed E-state index contributed by atoms with van der Waals surface area (Å²) in [4.78, 5) is 23.8. The van der Waals surface area contributed by atoms with Crippen molar-refractivity contribution in [3.8, 4) is 0 Å². The fourth-order valence-corrected chi connectivity index (χ4v) is 6.74. The number of aromatic nitrogens is 2. The number of aryl methyl sites for hydroxylation is 2. The van der Waals surface area contributed by atoms with Crippen molar-refractivity contribution in [2.75, 3.05) is 20.1 Å². The van der Waals surface area contributed by atoms with E-state index in [-0.39, 0.29) is 11.6 Å². The molecule has 1 aliphatic heterocycles. The van der Waals surface area contributed by atoms with Crippen LogP contribution >= 0.6 is 11.3 Å². The highest BCUT2D eigenvalue weighted by molar-refractivity contribution is 7.18.